The Kier molecular flexibility index (Phi) is 2.83. The van der Waals surface area contributed by atoms with E-state index in [9.17, 15) is 0 Å². The van der Waals surface area contributed by atoms with Crippen LogP contribution in [0, 0.1) is 5.92 Å². The Morgan fingerprint density at radius 1 is 1.62 bits per heavy atom. The molecule has 1 N–H and O–H groups in total. The van der Waals surface area contributed by atoms with Gasteiger partial charge in [-0.1, -0.05) is 13.3 Å². The molecule has 2 nitrogen and oxygen atoms in total. The molecule has 0 unspecified atom stereocenters. The van der Waals surface area contributed by atoms with Gasteiger partial charge in [-0.15, -0.1) is 11.3 Å². The molecule has 2 rings (SSSR count). The smallest absolute Gasteiger partial charge is 0.182 e. The van der Waals surface area contributed by atoms with Crippen molar-refractivity contribution in [3.8, 4) is 0 Å². The van der Waals surface area contributed by atoms with Gasteiger partial charge in [0.15, 0.2) is 5.13 Å². The fourth-order valence-corrected chi connectivity index (χ4v) is 2.24. The normalized spacial score (nSPS) is 17.0. The lowest BCUT2D eigenvalue weighted by molar-refractivity contribution is 0.333. The van der Waals surface area contributed by atoms with Gasteiger partial charge in [0.25, 0.3) is 0 Å². The summed E-state index contributed by atoms with van der Waals surface area (Å²) in [6, 6.07) is 0. The van der Waals surface area contributed by atoms with Crippen LogP contribution in [0.3, 0.4) is 0 Å². The van der Waals surface area contributed by atoms with Crippen LogP contribution in [-0.2, 0) is 6.42 Å². The standard InChI is InChI=1S/C10H16N2S/c1-2-9-7-12-10(13-9)11-6-8-4-3-5-8/h7-8H,2-6H2,1H3,(H,11,12). The molecule has 0 spiro atoms. The van der Waals surface area contributed by atoms with Crippen molar-refractivity contribution in [3.63, 3.8) is 0 Å². The minimum atomic E-state index is 0.911. The molecule has 1 heterocycles. The van der Waals surface area contributed by atoms with Crippen LogP contribution < -0.4 is 5.32 Å². The zero-order valence-electron chi connectivity index (χ0n) is 8.05. The summed E-state index contributed by atoms with van der Waals surface area (Å²) < 4.78 is 0. The minimum Gasteiger partial charge on any atom is -0.361 e. The van der Waals surface area contributed by atoms with Gasteiger partial charge in [-0.3, -0.25) is 0 Å². The molecule has 1 aliphatic carbocycles. The first-order valence-electron chi connectivity index (χ1n) is 5.07. The van der Waals surface area contributed by atoms with E-state index in [-0.39, 0.29) is 0 Å². The number of aromatic nitrogens is 1. The second-order valence-electron chi connectivity index (χ2n) is 3.66. The molecular formula is C10H16N2S. The van der Waals surface area contributed by atoms with E-state index in [1.54, 1.807) is 11.3 Å². The molecule has 13 heavy (non-hydrogen) atoms. The monoisotopic (exact) mass is 196 g/mol. The molecule has 0 aliphatic heterocycles. The molecule has 3 heteroatoms. The number of thiazole rings is 1. The van der Waals surface area contributed by atoms with Crippen molar-refractivity contribution >= 4 is 16.5 Å². The highest BCUT2D eigenvalue weighted by molar-refractivity contribution is 7.15. The van der Waals surface area contributed by atoms with Crippen LogP contribution in [0.4, 0.5) is 5.13 Å². The highest BCUT2D eigenvalue weighted by atomic mass is 32.1. The Morgan fingerprint density at radius 2 is 2.46 bits per heavy atom. The van der Waals surface area contributed by atoms with Crippen molar-refractivity contribution in [2.75, 3.05) is 11.9 Å². The second kappa shape index (κ2) is 4.09. The van der Waals surface area contributed by atoms with E-state index in [1.807, 2.05) is 6.20 Å². The van der Waals surface area contributed by atoms with Crippen molar-refractivity contribution in [2.45, 2.75) is 32.6 Å². The van der Waals surface area contributed by atoms with Gasteiger partial charge in [-0.25, -0.2) is 4.98 Å². The summed E-state index contributed by atoms with van der Waals surface area (Å²) >= 11 is 1.79. The third-order valence-corrected chi connectivity index (χ3v) is 3.77. The van der Waals surface area contributed by atoms with E-state index >= 15 is 0 Å². The zero-order valence-corrected chi connectivity index (χ0v) is 8.86. The molecule has 1 saturated carbocycles. The molecule has 0 aromatic carbocycles. The molecule has 72 valence electrons. The summed E-state index contributed by atoms with van der Waals surface area (Å²) in [5.41, 5.74) is 0. The maximum atomic E-state index is 4.32. The van der Waals surface area contributed by atoms with Crippen LogP contribution in [0.2, 0.25) is 0 Å². The lowest BCUT2D eigenvalue weighted by Crippen LogP contribution is -2.20. The highest BCUT2D eigenvalue weighted by Crippen LogP contribution is 2.27. The number of nitrogens with one attached hydrogen (secondary N) is 1. The number of aryl methyl sites for hydroxylation is 1. The first-order chi connectivity index (χ1) is 6.38. The van der Waals surface area contributed by atoms with Crippen LogP contribution in [-0.4, -0.2) is 11.5 Å². The Morgan fingerprint density at radius 3 is 3.00 bits per heavy atom. The van der Waals surface area contributed by atoms with E-state index in [2.05, 4.69) is 17.2 Å². The molecule has 0 radical (unpaired) electrons. The van der Waals surface area contributed by atoms with Crippen LogP contribution in [0.25, 0.3) is 0 Å². The van der Waals surface area contributed by atoms with Gasteiger partial charge in [-0.2, -0.15) is 0 Å². The van der Waals surface area contributed by atoms with Gasteiger partial charge in [0.05, 0.1) is 0 Å². The summed E-state index contributed by atoms with van der Waals surface area (Å²) in [7, 11) is 0. The Bertz CT molecular complexity index is 266. The van der Waals surface area contributed by atoms with Crippen molar-refractivity contribution < 1.29 is 0 Å². The van der Waals surface area contributed by atoms with Crippen LogP contribution in [0.1, 0.15) is 31.1 Å². The van der Waals surface area contributed by atoms with Crippen LogP contribution in [0.5, 0.6) is 0 Å². The third kappa shape index (κ3) is 2.21. The highest BCUT2D eigenvalue weighted by Gasteiger charge is 2.16. The van der Waals surface area contributed by atoms with E-state index in [0.717, 1.165) is 24.0 Å². The fraction of sp³-hybridized carbons (Fsp3) is 0.700. The number of nitrogens with zero attached hydrogens (tertiary/aromatic N) is 1. The van der Waals surface area contributed by atoms with E-state index in [1.165, 1.54) is 24.1 Å². The van der Waals surface area contributed by atoms with E-state index < -0.39 is 0 Å². The first kappa shape index (κ1) is 9.00. The fourth-order valence-electron chi connectivity index (χ4n) is 1.48. The minimum absolute atomic E-state index is 0.911. The molecule has 1 aromatic rings. The summed E-state index contributed by atoms with van der Waals surface area (Å²) in [4.78, 5) is 5.70. The SMILES string of the molecule is CCc1cnc(NCC2CCC2)s1. The maximum Gasteiger partial charge on any atom is 0.182 e. The van der Waals surface area contributed by atoms with Crippen molar-refractivity contribution in [2.24, 2.45) is 5.92 Å². The van der Waals surface area contributed by atoms with Gasteiger partial charge < -0.3 is 5.32 Å². The van der Waals surface area contributed by atoms with E-state index in [4.69, 9.17) is 0 Å². The van der Waals surface area contributed by atoms with Crippen molar-refractivity contribution in [1.29, 1.82) is 0 Å². The van der Waals surface area contributed by atoms with Gasteiger partial charge in [0.1, 0.15) is 0 Å². The molecule has 1 fully saturated rings. The number of anilines is 1. The average Bonchev–Trinajstić information content (AvgIpc) is 2.49. The lowest BCUT2D eigenvalue weighted by Gasteiger charge is -2.25. The Hall–Kier alpha value is -0.570. The first-order valence-corrected chi connectivity index (χ1v) is 5.88. The largest absolute Gasteiger partial charge is 0.361 e. The summed E-state index contributed by atoms with van der Waals surface area (Å²) in [5, 5.41) is 4.51. The van der Waals surface area contributed by atoms with Crippen molar-refractivity contribution in [3.05, 3.63) is 11.1 Å². The van der Waals surface area contributed by atoms with Gasteiger partial charge >= 0.3 is 0 Å². The van der Waals surface area contributed by atoms with Crippen LogP contribution >= 0.6 is 11.3 Å². The summed E-state index contributed by atoms with van der Waals surface area (Å²) in [5.74, 6) is 0.911. The molecule has 0 atom stereocenters. The predicted molar refractivity (Wildman–Crippen MR) is 57.3 cm³/mol. The molecule has 0 amide bonds. The van der Waals surface area contributed by atoms with Crippen LogP contribution in [0.15, 0.2) is 6.20 Å². The summed E-state index contributed by atoms with van der Waals surface area (Å²) in [6.07, 6.45) is 7.30. The van der Waals surface area contributed by atoms with Gasteiger partial charge in [0.2, 0.25) is 0 Å². The zero-order chi connectivity index (χ0) is 9.10. The Labute approximate surface area is 83.4 Å². The molecular weight excluding hydrogens is 180 g/mol. The average molecular weight is 196 g/mol. The topological polar surface area (TPSA) is 24.9 Å². The van der Waals surface area contributed by atoms with Crippen molar-refractivity contribution in [1.82, 2.24) is 4.98 Å². The molecule has 0 saturated heterocycles. The number of hydrogen-bond donors (Lipinski definition) is 1. The summed E-state index contributed by atoms with van der Waals surface area (Å²) in [6.45, 7) is 3.29. The Balaban J connectivity index is 1.79. The number of rotatable bonds is 4. The quantitative estimate of drug-likeness (QED) is 0.801. The maximum absolute atomic E-state index is 4.32. The third-order valence-electron chi connectivity index (χ3n) is 2.67. The number of hydrogen-bond acceptors (Lipinski definition) is 3. The molecule has 1 aliphatic rings. The lowest BCUT2D eigenvalue weighted by atomic mass is 9.86. The second-order valence-corrected chi connectivity index (χ2v) is 4.78. The van der Waals surface area contributed by atoms with Gasteiger partial charge in [0, 0.05) is 17.6 Å². The van der Waals surface area contributed by atoms with E-state index in [0.29, 0.717) is 0 Å². The molecule has 0 bridgehead atoms. The molecule has 1 aromatic heterocycles. The predicted octanol–water partition coefficient (Wildman–Crippen LogP) is 2.92. The van der Waals surface area contributed by atoms with Gasteiger partial charge in [-0.05, 0) is 25.2 Å².